The first-order valence-electron chi connectivity index (χ1n) is 10.7. The SMILES string of the molecule is Brc1cccc2c1C(c1ccccc1)[C-]=C2.[C-]1=Cc2c3cccc2C1c1cccc(c1)S3.[Cl-].[Cl-].[Zr+4]. The Morgan fingerprint density at radius 1 is 0.686 bits per heavy atom. The van der Waals surface area contributed by atoms with Crippen molar-refractivity contribution in [1.29, 1.82) is 0 Å². The maximum atomic E-state index is 3.62. The number of rotatable bonds is 1. The third-order valence-electron chi connectivity index (χ3n) is 6.14. The summed E-state index contributed by atoms with van der Waals surface area (Å²) in [7, 11) is 0. The van der Waals surface area contributed by atoms with E-state index in [0.29, 0.717) is 5.92 Å². The minimum atomic E-state index is 0. The molecule has 0 saturated heterocycles. The Hall–Kier alpha value is -1.35. The first-order valence-corrected chi connectivity index (χ1v) is 12.3. The van der Waals surface area contributed by atoms with Crippen LogP contribution in [0.5, 0.6) is 0 Å². The van der Waals surface area contributed by atoms with Gasteiger partial charge in [0, 0.05) is 9.37 Å². The number of benzene rings is 4. The van der Waals surface area contributed by atoms with Crippen LogP contribution in [0.1, 0.15) is 45.2 Å². The first-order chi connectivity index (χ1) is 15.8. The molecule has 5 heteroatoms. The van der Waals surface area contributed by atoms with E-state index in [1.807, 2.05) is 17.8 Å². The summed E-state index contributed by atoms with van der Waals surface area (Å²) in [5, 5.41) is 0. The van der Waals surface area contributed by atoms with Crippen LogP contribution >= 0.6 is 27.7 Å². The number of fused-ring (bicyclic) bond motifs is 4. The molecule has 0 nitrogen and oxygen atoms in total. The Morgan fingerprint density at radius 3 is 2.23 bits per heavy atom. The molecule has 0 saturated carbocycles. The standard InChI is InChI=1S/C15H10Br.C15H9S.2ClH.Zr/c16-14-8-4-7-12-9-10-13(15(12)14)11-5-2-1-3-6-11;1-3-10-9-11(4-1)16-15-6-2-5-13-12(10)7-8-14(13)15;;;/h1-9,13H;1-6,8-9,12H;2*1H;/q2*-1;;;+4/p-2. The second kappa shape index (κ2) is 12.3. The smallest absolute Gasteiger partial charge is 1.00 e. The molecule has 0 aromatic heterocycles. The van der Waals surface area contributed by atoms with E-state index in [4.69, 9.17) is 0 Å². The van der Waals surface area contributed by atoms with Crippen LogP contribution < -0.4 is 24.8 Å². The average Bonchev–Trinajstić information content (AvgIpc) is 3.47. The van der Waals surface area contributed by atoms with Crippen molar-refractivity contribution >= 4 is 39.8 Å². The summed E-state index contributed by atoms with van der Waals surface area (Å²) in [6, 6.07) is 32.2. The van der Waals surface area contributed by atoms with Gasteiger partial charge in [0.25, 0.3) is 0 Å². The summed E-state index contributed by atoms with van der Waals surface area (Å²) < 4.78 is 1.17. The fourth-order valence-electron chi connectivity index (χ4n) is 4.62. The van der Waals surface area contributed by atoms with E-state index in [0.717, 1.165) is 0 Å². The fourth-order valence-corrected chi connectivity index (χ4v) is 6.26. The summed E-state index contributed by atoms with van der Waals surface area (Å²) in [6.45, 7) is 0. The van der Waals surface area contributed by atoms with Gasteiger partial charge in [0.15, 0.2) is 0 Å². The maximum absolute atomic E-state index is 3.62. The molecule has 6 bridgehead atoms. The van der Waals surface area contributed by atoms with Crippen LogP contribution in [0.25, 0.3) is 12.2 Å². The predicted octanol–water partition coefficient (Wildman–Crippen LogP) is 2.53. The molecule has 4 aromatic carbocycles. The van der Waals surface area contributed by atoms with Crippen molar-refractivity contribution in [3.63, 3.8) is 0 Å². The van der Waals surface area contributed by atoms with Gasteiger partial charge in [-0.2, -0.15) is 11.1 Å². The van der Waals surface area contributed by atoms with Gasteiger partial charge in [0.1, 0.15) is 0 Å². The van der Waals surface area contributed by atoms with Gasteiger partial charge in [-0.15, -0.1) is 29.0 Å². The van der Waals surface area contributed by atoms with Gasteiger partial charge in [-0.25, -0.2) is 12.2 Å². The molecule has 2 aliphatic carbocycles. The van der Waals surface area contributed by atoms with Crippen molar-refractivity contribution < 1.29 is 51.0 Å². The zero-order valence-corrected chi connectivity index (χ0v) is 24.9. The molecule has 1 heterocycles. The van der Waals surface area contributed by atoms with Crippen molar-refractivity contribution in [2.24, 2.45) is 0 Å². The van der Waals surface area contributed by atoms with Crippen molar-refractivity contribution in [3.8, 4) is 0 Å². The van der Waals surface area contributed by atoms with E-state index in [1.165, 1.54) is 47.6 Å². The molecule has 7 rings (SSSR count). The maximum Gasteiger partial charge on any atom is 4.00 e. The first kappa shape index (κ1) is 28.2. The minimum Gasteiger partial charge on any atom is -1.00 e. The summed E-state index contributed by atoms with van der Waals surface area (Å²) in [6.07, 6.45) is 11.1. The quantitative estimate of drug-likeness (QED) is 0.285. The van der Waals surface area contributed by atoms with E-state index in [1.54, 1.807) is 0 Å². The Bertz CT molecular complexity index is 1380. The van der Waals surface area contributed by atoms with Gasteiger partial charge < -0.3 is 24.8 Å². The minimum absolute atomic E-state index is 0. The molecule has 0 N–H and O–H groups in total. The number of hydrogen-bond acceptors (Lipinski definition) is 1. The Balaban J connectivity index is 0.000000180. The summed E-state index contributed by atoms with van der Waals surface area (Å²) in [4.78, 5) is 2.68. The Morgan fingerprint density at radius 2 is 1.40 bits per heavy atom. The number of hydrogen-bond donors (Lipinski definition) is 0. The van der Waals surface area contributed by atoms with Crippen molar-refractivity contribution in [3.05, 3.63) is 141 Å². The van der Waals surface area contributed by atoms with E-state index in [2.05, 4.69) is 125 Å². The normalized spacial score (nSPS) is 16.8. The van der Waals surface area contributed by atoms with Gasteiger partial charge in [-0.3, -0.25) is 12.2 Å². The molecular weight excluding hydrogens is 634 g/mol. The monoisotopic (exact) mass is 650 g/mol. The third kappa shape index (κ3) is 5.51. The molecule has 0 radical (unpaired) electrons. The molecule has 0 spiro atoms. The largest absolute Gasteiger partial charge is 4.00 e. The Labute approximate surface area is 251 Å². The topological polar surface area (TPSA) is 0 Å². The molecular formula is C30H19BrCl2SZr. The van der Waals surface area contributed by atoms with Gasteiger partial charge in [0.2, 0.25) is 0 Å². The van der Waals surface area contributed by atoms with Gasteiger partial charge in [-0.1, -0.05) is 117 Å². The molecule has 2 atom stereocenters. The Kier molecular flexibility index (Phi) is 9.89. The summed E-state index contributed by atoms with van der Waals surface area (Å²) in [5.74, 6) is 0.613. The van der Waals surface area contributed by atoms with E-state index in [-0.39, 0.29) is 56.9 Å². The molecule has 4 aromatic rings. The van der Waals surface area contributed by atoms with Crippen molar-refractivity contribution in [2.45, 2.75) is 21.6 Å². The van der Waals surface area contributed by atoms with Gasteiger partial charge >= 0.3 is 26.2 Å². The molecule has 35 heavy (non-hydrogen) atoms. The van der Waals surface area contributed by atoms with Gasteiger partial charge in [0.05, 0.1) is 0 Å². The summed E-state index contributed by atoms with van der Waals surface area (Å²) in [5.41, 5.74) is 8.02. The molecule has 170 valence electrons. The molecule has 1 aliphatic heterocycles. The average molecular weight is 654 g/mol. The van der Waals surface area contributed by atoms with Crippen LogP contribution in [-0.2, 0) is 26.2 Å². The van der Waals surface area contributed by atoms with Crippen LogP contribution in [0.3, 0.4) is 0 Å². The van der Waals surface area contributed by atoms with E-state index in [9.17, 15) is 0 Å². The van der Waals surface area contributed by atoms with Crippen LogP contribution in [0.4, 0.5) is 0 Å². The predicted molar refractivity (Wildman–Crippen MR) is 137 cm³/mol. The molecule has 0 fully saturated rings. The second-order valence-electron chi connectivity index (χ2n) is 8.08. The summed E-state index contributed by atoms with van der Waals surface area (Å²) >= 11 is 5.47. The van der Waals surface area contributed by atoms with Crippen molar-refractivity contribution in [2.75, 3.05) is 0 Å². The van der Waals surface area contributed by atoms with Gasteiger partial charge in [-0.05, 0) is 12.1 Å². The molecule has 0 amide bonds. The second-order valence-corrected chi connectivity index (χ2v) is 10.0. The van der Waals surface area contributed by atoms with E-state index >= 15 is 0 Å². The van der Waals surface area contributed by atoms with Crippen LogP contribution in [-0.4, -0.2) is 0 Å². The fraction of sp³-hybridized carbons (Fsp3) is 0.0667. The van der Waals surface area contributed by atoms with Crippen molar-refractivity contribution in [1.82, 2.24) is 0 Å². The zero-order chi connectivity index (χ0) is 21.5. The van der Waals surface area contributed by atoms with Crippen LogP contribution in [0, 0.1) is 12.2 Å². The van der Waals surface area contributed by atoms with Crippen LogP contribution in [0.2, 0.25) is 0 Å². The molecule has 2 unspecified atom stereocenters. The zero-order valence-electron chi connectivity index (χ0n) is 18.5. The third-order valence-corrected chi connectivity index (χ3v) is 7.90. The van der Waals surface area contributed by atoms with Crippen LogP contribution in [0.15, 0.2) is 105 Å². The number of allylic oxidation sites excluding steroid dienone is 2. The molecule has 3 aliphatic rings. The van der Waals surface area contributed by atoms with E-state index < -0.39 is 0 Å². The number of halogens is 3.